The minimum Gasteiger partial charge on any atom is -0.456 e. The fourth-order valence-electron chi connectivity index (χ4n) is 2.19. The molecule has 0 atom stereocenters. The van der Waals surface area contributed by atoms with Crippen molar-refractivity contribution < 1.29 is 4.42 Å². The lowest BCUT2D eigenvalue weighted by Gasteiger charge is -2.19. The van der Waals surface area contributed by atoms with Crippen molar-refractivity contribution in [2.24, 2.45) is 0 Å². The molecule has 2 heteroatoms. The molecule has 0 unspecified atom stereocenters. The van der Waals surface area contributed by atoms with Crippen LogP contribution in [0.15, 0.2) is 34.8 Å². The number of aryl methyl sites for hydroxylation is 1. The van der Waals surface area contributed by atoms with E-state index in [9.17, 15) is 0 Å². The summed E-state index contributed by atoms with van der Waals surface area (Å²) in [5.74, 6) is 0.973. The van der Waals surface area contributed by atoms with Gasteiger partial charge < -0.3 is 9.73 Å². The van der Waals surface area contributed by atoms with E-state index >= 15 is 0 Å². The Bertz CT molecular complexity index is 614. The Balaban J connectivity index is 2.05. The van der Waals surface area contributed by atoms with Crippen LogP contribution in [0.4, 0.5) is 0 Å². The zero-order chi connectivity index (χ0) is 14.8. The molecule has 2 aromatic rings. The van der Waals surface area contributed by atoms with Crippen LogP contribution in [0, 0.1) is 6.92 Å². The van der Waals surface area contributed by atoms with Crippen LogP contribution in [0.2, 0.25) is 0 Å². The minimum atomic E-state index is 0.179. The highest BCUT2D eigenvalue weighted by molar-refractivity contribution is 5.82. The number of allylic oxidation sites excluding steroid dienone is 1. The Morgan fingerprint density at radius 3 is 2.70 bits per heavy atom. The lowest BCUT2D eigenvalue weighted by Crippen LogP contribution is -2.36. The number of hydrogen-bond acceptors (Lipinski definition) is 2. The maximum absolute atomic E-state index is 5.89. The molecule has 1 aromatic carbocycles. The summed E-state index contributed by atoms with van der Waals surface area (Å²) in [6.45, 7) is 11.8. The van der Waals surface area contributed by atoms with Gasteiger partial charge >= 0.3 is 0 Å². The van der Waals surface area contributed by atoms with Gasteiger partial charge in [0.15, 0.2) is 0 Å². The van der Waals surface area contributed by atoms with Gasteiger partial charge in [0.05, 0.1) is 0 Å². The zero-order valence-electron chi connectivity index (χ0n) is 13.2. The third-order valence-corrected chi connectivity index (χ3v) is 3.31. The second-order valence-corrected chi connectivity index (χ2v) is 6.50. The molecule has 0 saturated carbocycles. The van der Waals surface area contributed by atoms with E-state index in [-0.39, 0.29) is 5.54 Å². The normalized spacial score (nSPS) is 13.2. The largest absolute Gasteiger partial charge is 0.456 e. The molecule has 0 fully saturated rings. The van der Waals surface area contributed by atoms with Crippen molar-refractivity contribution in [2.75, 3.05) is 6.54 Å². The first-order chi connectivity index (χ1) is 9.35. The van der Waals surface area contributed by atoms with Gasteiger partial charge in [0.1, 0.15) is 11.3 Å². The maximum Gasteiger partial charge on any atom is 0.134 e. The highest BCUT2D eigenvalue weighted by Gasteiger charge is 2.08. The molecule has 0 saturated heterocycles. The predicted octanol–water partition coefficient (Wildman–Crippen LogP) is 4.92. The van der Waals surface area contributed by atoms with Gasteiger partial charge in [-0.2, -0.15) is 0 Å². The average molecular weight is 271 g/mol. The quantitative estimate of drug-likeness (QED) is 0.798. The summed E-state index contributed by atoms with van der Waals surface area (Å²) >= 11 is 0. The molecule has 0 radical (unpaired) electrons. The van der Waals surface area contributed by atoms with Gasteiger partial charge in [0.25, 0.3) is 0 Å². The molecular formula is C18H25NO. The molecule has 0 bridgehead atoms. The molecule has 0 aliphatic rings. The zero-order valence-corrected chi connectivity index (χ0v) is 13.2. The van der Waals surface area contributed by atoms with E-state index < -0.39 is 0 Å². The smallest absolute Gasteiger partial charge is 0.134 e. The third kappa shape index (κ3) is 3.97. The second kappa shape index (κ2) is 5.84. The van der Waals surface area contributed by atoms with Crippen LogP contribution >= 0.6 is 0 Å². The number of rotatable bonds is 4. The van der Waals surface area contributed by atoms with E-state index in [1.807, 2.05) is 6.07 Å². The van der Waals surface area contributed by atoms with Gasteiger partial charge in [0, 0.05) is 10.9 Å². The highest BCUT2D eigenvalue weighted by Crippen LogP contribution is 2.25. The first-order valence-electron chi connectivity index (χ1n) is 7.27. The summed E-state index contributed by atoms with van der Waals surface area (Å²) in [5, 5.41) is 4.67. The SMILES string of the molecule is C/C(=C/CCNC(C)(C)C)c1cc2cc(C)ccc2o1. The molecule has 0 aliphatic heterocycles. The highest BCUT2D eigenvalue weighted by atomic mass is 16.3. The number of furan rings is 1. The molecular weight excluding hydrogens is 246 g/mol. The Kier molecular flexibility index (Phi) is 4.34. The van der Waals surface area contributed by atoms with Crippen LogP contribution in [0.3, 0.4) is 0 Å². The lowest BCUT2D eigenvalue weighted by molar-refractivity contribution is 0.431. The number of nitrogens with one attached hydrogen (secondary N) is 1. The summed E-state index contributed by atoms with van der Waals surface area (Å²) in [5.41, 5.74) is 3.61. The summed E-state index contributed by atoms with van der Waals surface area (Å²) in [6, 6.07) is 8.42. The van der Waals surface area contributed by atoms with Gasteiger partial charge in [-0.05, 0) is 71.4 Å². The van der Waals surface area contributed by atoms with Crippen LogP contribution in [0.25, 0.3) is 16.5 Å². The molecule has 0 spiro atoms. The Labute approximate surface area is 121 Å². The van der Waals surface area contributed by atoms with E-state index in [1.54, 1.807) is 0 Å². The fourth-order valence-corrected chi connectivity index (χ4v) is 2.19. The van der Waals surface area contributed by atoms with Crippen molar-refractivity contribution in [1.82, 2.24) is 5.32 Å². The summed E-state index contributed by atoms with van der Waals surface area (Å²) < 4.78 is 5.89. The fraction of sp³-hybridized carbons (Fsp3) is 0.444. The molecule has 1 N–H and O–H groups in total. The van der Waals surface area contributed by atoms with E-state index in [0.717, 1.165) is 24.3 Å². The number of fused-ring (bicyclic) bond motifs is 1. The molecule has 108 valence electrons. The van der Waals surface area contributed by atoms with Crippen LogP contribution in [-0.2, 0) is 0 Å². The minimum absolute atomic E-state index is 0.179. The molecule has 2 nitrogen and oxygen atoms in total. The van der Waals surface area contributed by atoms with Crippen LogP contribution < -0.4 is 5.32 Å². The van der Waals surface area contributed by atoms with Crippen molar-refractivity contribution in [3.05, 3.63) is 41.7 Å². The van der Waals surface area contributed by atoms with E-state index in [1.165, 1.54) is 16.5 Å². The molecule has 20 heavy (non-hydrogen) atoms. The predicted molar refractivity (Wildman–Crippen MR) is 87.0 cm³/mol. The van der Waals surface area contributed by atoms with Gasteiger partial charge in [-0.15, -0.1) is 0 Å². The third-order valence-electron chi connectivity index (χ3n) is 3.31. The number of benzene rings is 1. The molecule has 1 heterocycles. The van der Waals surface area contributed by atoms with E-state index in [4.69, 9.17) is 4.42 Å². The van der Waals surface area contributed by atoms with Crippen molar-refractivity contribution in [3.63, 3.8) is 0 Å². The Morgan fingerprint density at radius 1 is 1.25 bits per heavy atom. The molecule has 0 amide bonds. The van der Waals surface area contributed by atoms with Gasteiger partial charge in [-0.25, -0.2) is 0 Å². The monoisotopic (exact) mass is 271 g/mol. The lowest BCUT2D eigenvalue weighted by atomic mass is 10.1. The standard InChI is InChI=1S/C18H25NO/c1-13-8-9-16-15(11-13)12-17(20-16)14(2)7-6-10-19-18(3,4)5/h7-9,11-12,19H,6,10H2,1-5H3/b14-7-. The van der Waals surface area contributed by atoms with E-state index in [2.05, 4.69) is 64.2 Å². The molecule has 0 aliphatic carbocycles. The first-order valence-corrected chi connectivity index (χ1v) is 7.27. The van der Waals surface area contributed by atoms with Gasteiger partial charge in [-0.3, -0.25) is 0 Å². The van der Waals surface area contributed by atoms with Crippen molar-refractivity contribution in [1.29, 1.82) is 0 Å². The average Bonchev–Trinajstić information content (AvgIpc) is 2.76. The van der Waals surface area contributed by atoms with Gasteiger partial charge in [0.2, 0.25) is 0 Å². The van der Waals surface area contributed by atoms with Crippen molar-refractivity contribution >= 4 is 16.5 Å². The van der Waals surface area contributed by atoms with Crippen LogP contribution in [-0.4, -0.2) is 12.1 Å². The summed E-state index contributed by atoms with van der Waals surface area (Å²) in [4.78, 5) is 0. The number of hydrogen-bond donors (Lipinski definition) is 1. The molecule has 1 aromatic heterocycles. The van der Waals surface area contributed by atoms with Crippen molar-refractivity contribution in [3.8, 4) is 0 Å². The topological polar surface area (TPSA) is 25.2 Å². The maximum atomic E-state index is 5.89. The summed E-state index contributed by atoms with van der Waals surface area (Å²) in [6.07, 6.45) is 3.25. The first kappa shape index (κ1) is 14.9. The van der Waals surface area contributed by atoms with Gasteiger partial charge in [-0.1, -0.05) is 17.7 Å². The Hall–Kier alpha value is -1.54. The Morgan fingerprint density at radius 2 is 2.00 bits per heavy atom. The van der Waals surface area contributed by atoms with E-state index in [0.29, 0.717) is 0 Å². The van der Waals surface area contributed by atoms with Crippen LogP contribution in [0.1, 0.15) is 45.4 Å². The van der Waals surface area contributed by atoms with Crippen molar-refractivity contribution in [2.45, 2.75) is 46.6 Å². The summed E-state index contributed by atoms with van der Waals surface area (Å²) in [7, 11) is 0. The molecule has 2 rings (SSSR count). The second-order valence-electron chi connectivity index (χ2n) is 6.50. The van der Waals surface area contributed by atoms with Crippen LogP contribution in [0.5, 0.6) is 0 Å².